The molecule has 0 radical (unpaired) electrons. The molecule has 2 rings (SSSR count). The van der Waals surface area contributed by atoms with E-state index in [1.54, 1.807) is 7.05 Å². The van der Waals surface area contributed by atoms with Crippen LogP contribution in [0, 0.1) is 13.8 Å². The minimum Gasteiger partial charge on any atom is -0.344 e. The van der Waals surface area contributed by atoms with Gasteiger partial charge in [0.15, 0.2) is 0 Å². The molecule has 0 unspecified atom stereocenters. The second-order valence-electron chi connectivity index (χ2n) is 5.12. The average Bonchev–Trinajstić information content (AvgIpc) is 2.93. The standard InChI is InChI=1S/C13H19N5O3/c1-8-10(9(2)16-15-8)4-5-17(3)12(20)7-18-11(19)6-14-13(18)21/h4-7H2,1-3H3,(H,14,21)(H,15,16). The van der Waals surface area contributed by atoms with Crippen molar-refractivity contribution in [2.24, 2.45) is 0 Å². The molecule has 2 N–H and O–H groups in total. The van der Waals surface area contributed by atoms with E-state index < -0.39 is 6.03 Å². The summed E-state index contributed by atoms with van der Waals surface area (Å²) in [5.41, 5.74) is 2.99. The Balaban J connectivity index is 1.88. The van der Waals surface area contributed by atoms with E-state index in [4.69, 9.17) is 0 Å². The molecule has 1 aromatic rings. The SMILES string of the molecule is Cc1n[nH]c(C)c1CCN(C)C(=O)CN1C(=O)CNC1=O. The Labute approximate surface area is 122 Å². The van der Waals surface area contributed by atoms with Crippen LogP contribution in [-0.2, 0) is 16.0 Å². The third-order valence-corrected chi connectivity index (χ3v) is 3.63. The summed E-state index contributed by atoms with van der Waals surface area (Å²) in [6.45, 7) is 4.09. The number of likely N-dealkylation sites (N-methyl/N-ethyl adjacent to an activating group) is 1. The molecule has 114 valence electrons. The van der Waals surface area contributed by atoms with Gasteiger partial charge in [0.05, 0.1) is 12.2 Å². The fraction of sp³-hybridized carbons (Fsp3) is 0.538. The number of carbonyl (C=O) groups is 3. The number of aromatic nitrogens is 2. The number of carbonyl (C=O) groups excluding carboxylic acids is 3. The van der Waals surface area contributed by atoms with Crippen LogP contribution < -0.4 is 5.32 Å². The largest absolute Gasteiger partial charge is 0.344 e. The first-order valence-corrected chi connectivity index (χ1v) is 6.72. The molecule has 1 aliphatic heterocycles. The highest BCUT2D eigenvalue weighted by Crippen LogP contribution is 2.10. The molecule has 0 aliphatic carbocycles. The van der Waals surface area contributed by atoms with Gasteiger partial charge in [-0.3, -0.25) is 19.6 Å². The van der Waals surface area contributed by atoms with Gasteiger partial charge < -0.3 is 10.2 Å². The first kappa shape index (κ1) is 15.0. The molecule has 1 aromatic heterocycles. The predicted octanol–water partition coefficient (Wildman–Crippen LogP) is -0.421. The molecule has 1 fully saturated rings. The summed E-state index contributed by atoms with van der Waals surface area (Å²) in [5.74, 6) is -0.637. The number of nitrogens with one attached hydrogen (secondary N) is 2. The van der Waals surface area contributed by atoms with Crippen LogP contribution in [0.15, 0.2) is 0 Å². The number of rotatable bonds is 5. The summed E-state index contributed by atoms with van der Waals surface area (Å²) in [7, 11) is 1.66. The Morgan fingerprint density at radius 2 is 2.10 bits per heavy atom. The second-order valence-corrected chi connectivity index (χ2v) is 5.12. The number of H-pyrrole nitrogens is 1. The van der Waals surface area contributed by atoms with E-state index in [0.29, 0.717) is 13.0 Å². The molecule has 0 spiro atoms. The highest BCUT2D eigenvalue weighted by molar-refractivity contribution is 6.04. The van der Waals surface area contributed by atoms with Crippen molar-refractivity contribution in [1.82, 2.24) is 25.3 Å². The Morgan fingerprint density at radius 3 is 2.62 bits per heavy atom. The molecule has 0 atom stereocenters. The number of hydrogen-bond acceptors (Lipinski definition) is 4. The van der Waals surface area contributed by atoms with Crippen LogP contribution >= 0.6 is 0 Å². The zero-order chi connectivity index (χ0) is 15.6. The quantitative estimate of drug-likeness (QED) is 0.720. The maximum Gasteiger partial charge on any atom is 0.325 e. The topological polar surface area (TPSA) is 98.4 Å². The van der Waals surface area contributed by atoms with Crippen molar-refractivity contribution < 1.29 is 14.4 Å². The van der Waals surface area contributed by atoms with Crippen LogP contribution in [0.5, 0.6) is 0 Å². The molecule has 8 nitrogen and oxygen atoms in total. The van der Waals surface area contributed by atoms with E-state index in [2.05, 4.69) is 15.5 Å². The van der Waals surface area contributed by atoms with Gasteiger partial charge in [0.1, 0.15) is 6.54 Å². The monoisotopic (exact) mass is 293 g/mol. The van der Waals surface area contributed by atoms with Crippen molar-refractivity contribution in [2.75, 3.05) is 26.7 Å². The van der Waals surface area contributed by atoms with Gasteiger partial charge in [-0.05, 0) is 25.8 Å². The lowest BCUT2D eigenvalue weighted by Gasteiger charge is -2.20. The van der Waals surface area contributed by atoms with Crippen LogP contribution in [0.1, 0.15) is 17.0 Å². The lowest BCUT2D eigenvalue weighted by atomic mass is 10.1. The van der Waals surface area contributed by atoms with E-state index >= 15 is 0 Å². The number of imide groups is 1. The smallest absolute Gasteiger partial charge is 0.325 e. The Hall–Kier alpha value is -2.38. The molecule has 1 aliphatic rings. The van der Waals surface area contributed by atoms with Gasteiger partial charge >= 0.3 is 6.03 Å². The number of hydrogen-bond donors (Lipinski definition) is 2. The molecular weight excluding hydrogens is 274 g/mol. The molecular formula is C13H19N5O3. The minimum atomic E-state index is -0.511. The third-order valence-electron chi connectivity index (χ3n) is 3.63. The zero-order valence-electron chi connectivity index (χ0n) is 12.4. The van der Waals surface area contributed by atoms with Gasteiger partial charge in [0.2, 0.25) is 5.91 Å². The zero-order valence-corrected chi connectivity index (χ0v) is 12.4. The van der Waals surface area contributed by atoms with Crippen LogP contribution in [-0.4, -0.2) is 64.5 Å². The van der Waals surface area contributed by atoms with E-state index in [9.17, 15) is 14.4 Å². The molecule has 0 aromatic carbocycles. The van der Waals surface area contributed by atoms with E-state index in [-0.39, 0.29) is 24.9 Å². The fourth-order valence-electron chi connectivity index (χ4n) is 2.22. The number of amides is 4. The summed E-state index contributed by atoms with van der Waals surface area (Å²) < 4.78 is 0. The second kappa shape index (κ2) is 5.94. The van der Waals surface area contributed by atoms with Crippen LogP contribution in [0.2, 0.25) is 0 Å². The van der Waals surface area contributed by atoms with Crippen LogP contribution in [0.3, 0.4) is 0 Å². The van der Waals surface area contributed by atoms with E-state index in [1.807, 2.05) is 13.8 Å². The van der Waals surface area contributed by atoms with Crippen LogP contribution in [0.4, 0.5) is 4.79 Å². The lowest BCUT2D eigenvalue weighted by Crippen LogP contribution is -2.42. The maximum atomic E-state index is 12.0. The third kappa shape index (κ3) is 3.21. The van der Waals surface area contributed by atoms with Gasteiger partial charge in [-0.2, -0.15) is 5.10 Å². The molecule has 2 heterocycles. The van der Waals surface area contributed by atoms with Gasteiger partial charge in [-0.1, -0.05) is 0 Å². The van der Waals surface area contributed by atoms with Gasteiger partial charge in [0, 0.05) is 19.3 Å². The van der Waals surface area contributed by atoms with Crippen molar-refractivity contribution in [3.63, 3.8) is 0 Å². The molecule has 0 bridgehead atoms. The van der Waals surface area contributed by atoms with E-state index in [0.717, 1.165) is 21.9 Å². The Kier molecular flexibility index (Phi) is 4.25. The molecule has 0 saturated carbocycles. The van der Waals surface area contributed by atoms with Crippen molar-refractivity contribution in [3.05, 3.63) is 17.0 Å². The maximum absolute atomic E-state index is 12.0. The summed E-state index contributed by atoms with van der Waals surface area (Å²) in [4.78, 5) is 37.3. The summed E-state index contributed by atoms with van der Waals surface area (Å²) in [6, 6.07) is -0.511. The fourth-order valence-corrected chi connectivity index (χ4v) is 2.22. The Morgan fingerprint density at radius 1 is 1.38 bits per heavy atom. The summed E-state index contributed by atoms with van der Waals surface area (Å²) in [5, 5.41) is 9.40. The van der Waals surface area contributed by atoms with Crippen molar-refractivity contribution in [3.8, 4) is 0 Å². The number of aromatic amines is 1. The highest BCUT2D eigenvalue weighted by Gasteiger charge is 2.30. The van der Waals surface area contributed by atoms with Gasteiger partial charge in [-0.15, -0.1) is 0 Å². The number of nitrogens with zero attached hydrogens (tertiary/aromatic N) is 3. The van der Waals surface area contributed by atoms with Crippen molar-refractivity contribution >= 4 is 17.8 Å². The lowest BCUT2D eigenvalue weighted by molar-refractivity contribution is -0.135. The van der Waals surface area contributed by atoms with E-state index in [1.165, 1.54) is 4.90 Å². The minimum absolute atomic E-state index is 0.0385. The highest BCUT2D eigenvalue weighted by atomic mass is 16.2. The normalized spacial score (nSPS) is 14.5. The van der Waals surface area contributed by atoms with Crippen LogP contribution in [0.25, 0.3) is 0 Å². The summed E-state index contributed by atoms with van der Waals surface area (Å²) >= 11 is 0. The average molecular weight is 293 g/mol. The summed E-state index contributed by atoms with van der Waals surface area (Å²) in [6.07, 6.45) is 0.677. The number of aryl methyl sites for hydroxylation is 2. The Bertz CT molecular complexity index is 545. The predicted molar refractivity (Wildman–Crippen MR) is 74.5 cm³/mol. The first-order chi connectivity index (χ1) is 9.90. The van der Waals surface area contributed by atoms with Crippen molar-refractivity contribution in [1.29, 1.82) is 0 Å². The first-order valence-electron chi connectivity index (χ1n) is 6.72. The van der Waals surface area contributed by atoms with Gasteiger partial charge in [0.25, 0.3) is 5.91 Å². The number of urea groups is 1. The molecule has 4 amide bonds. The molecule has 1 saturated heterocycles. The van der Waals surface area contributed by atoms with Crippen molar-refractivity contribution in [2.45, 2.75) is 20.3 Å². The molecule has 21 heavy (non-hydrogen) atoms. The molecule has 8 heteroatoms. The van der Waals surface area contributed by atoms with Gasteiger partial charge in [-0.25, -0.2) is 4.79 Å².